The number of H-pyrrole nitrogens is 1. The number of imidazole rings is 3. The van der Waals surface area contributed by atoms with Crippen LogP contribution in [0, 0.1) is 34.1 Å². The van der Waals surface area contributed by atoms with E-state index in [1.807, 2.05) is 0 Å². The molecule has 0 saturated carbocycles. The molecule has 0 aliphatic rings. The van der Waals surface area contributed by atoms with Gasteiger partial charge in [0.2, 0.25) is 0 Å². The van der Waals surface area contributed by atoms with E-state index < -0.39 is 44.9 Å². The van der Waals surface area contributed by atoms with Crippen molar-refractivity contribution in [1.29, 1.82) is 0 Å². The Kier molecular flexibility index (Phi) is 10.2. The van der Waals surface area contributed by atoms with Gasteiger partial charge in [0.1, 0.15) is 11.5 Å². The first-order valence-electron chi connectivity index (χ1n) is 16.2. The number of benzene rings is 4. The van der Waals surface area contributed by atoms with Crippen molar-refractivity contribution < 1.29 is 41.0 Å². The minimum Gasteiger partial charge on any atom is -0.391 e. The molecule has 1 amide bonds. The number of amides is 1. The van der Waals surface area contributed by atoms with Crippen LogP contribution in [0.3, 0.4) is 0 Å². The lowest BCUT2D eigenvalue weighted by Crippen LogP contribution is -2.16. The van der Waals surface area contributed by atoms with Crippen LogP contribution in [0.25, 0.3) is 33.8 Å². The van der Waals surface area contributed by atoms with Crippen molar-refractivity contribution in [2.75, 3.05) is 11.1 Å². The molecule has 3 heterocycles. The molecule has 4 N–H and O–H groups in total. The lowest BCUT2D eigenvalue weighted by molar-refractivity contribution is -0.383. The van der Waals surface area contributed by atoms with Gasteiger partial charge in [0.15, 0.2) is 5.52 Å². The SMILES string of the molecule is Cc1cn(-c2cc(-c3nc4c([N+](=O)[O-])cccc4[nH]3)cc(C(F)(F)F)c2)cn1.Cc1cn(-c2cc(C(=O)Nc3cccc([N+](=O)[O-])c3N)cc(C(F)(F)F)c2)cn1. The Hall–Kier alpha value is -7.58. The number of nitro groups is 2. The van der Waals surface area contributed by atoms with E-state index in [4.69, 9.17) is 5.73 Å². The molecule has 15 nitrogen and oxygen atoms in total. The van der Waals surface area contributed by atoms with E-state index in [0.717, 1.165) is 24.3 Å². The highest BCUT2D eigenvalue weighted by atomic mass is 19.4. The van der Waals surface area contributed by atoms with Crippen LogP contribution < -0.4 is 11.1 Å². The Morgan fingerprint density at radius 2 is 1.32 bits per heavy atom. The molecule has 0 fully saturated rings. The first-order valence-corrected chi connectivity index (χ1v) is 16.2. The standard InChI is InChI=1S/C18H14F3N5O3.C18H12F3N5O2/c1-10-8-25(9-23-10)13-6-11(5-12(7-13)18(19,20)21)17(27)24-14-3-2-4-15(16(14)22)26(28)29;1-10-8-25(9-22-10)13-6-11(5-12(7-13)18(19,20)21)17-23-14-3-2-4-15(26(27)28)16(14)24-17/h2-9H,22H2,1H3,(H,24,27);2-9H,1H3,(H,23,24). The maximum absolute atomic E-state index is 13.4. The van der Waals surface area contributed by atoms with E-state index in [2.05, 4.69) is 25.3 Å². The fourth-order valence-corrected chi connectivity index (χ4v) is 5.56. The third kappa shape index (κ3) is 8.56. The number of hydrogen-bond donors (Lipinski definition) is 3. The number of halogens is 6. The number of aromatic nitrogens is 6. The van der Waals surface area contributed by atoms with E-state index >= 15 is 0 Å². The fraction of sp³-hybridized carbons (Fsp3) is 0.111. The van der Waals surface area contributed by atoms with Crippen LogP contribution in [-0.4, -0.2) is 44.8 Å². The number of anilines is 2. The molecule has 0 saturated heterocycles. The Morgan fingerprint density at radius 3 is 1.86 bits per heavy atom. The third-order valence-corrected chi connectivity index (χ3v) is 8.26. The predicted molar refractivity (Wildman–Crippen MR) is 194 cm³/mol. The maximum Gasteiger partial charge on any atom is 0.416 e. The lowest BCUT2D eigenvalue weighted by atomic mass is 10.1. The Morgan fingerprint density at radius 1 is 0.772 bits per heavy atom. The van der Waals surface area contributed by atoms with Crippen molar-refractivity contribution in [1.82, 2.24) is 29.1 Å². The van der Waals surface area contributed by atoms with E-state index in [0.29, 0.717) is 23.0 Å². The van der Waals surface area contributed by atoms with Crippen LogP contribution in [0.1, 0.15) is 32.9 Å². The van der Waals surface area contributed by atoms with Crippen LogP contribution in [0.15, 0.2) is 97.8 Å². The fourth-order valence-electron chi connectivity index (χ4n) is 5.56. The lowest BCUT2D eigenvalue weighted by Gasteiger charge is -2.13. The second kappa shape index (κ2) is 14.9. The normalized spacial score (nSPS) is 11.6. The van der Waals surface area contributed by atoms with Crippen LogP contribution in [0.5, 0.6) is 0 Å². The Bertz CT molecular complexity index is 2680. The summed E-state index contributed by atoms with van der Waals surface area (Å²) in [5.74, 6) is -0.796. The highest BCUT2D eigenvalue weighted by Gasteiger charge is 2.33. The van der Waals surface area contributed by atoms with Crippen molar-refractivity contribution in [3.63, 3.8) is 0 Å². The quantitative estimate of drug-likeness (QED) is 0.0611. The predicted octanol–water partition coefficient (Wildman–Crippen LogP) is 8.59. The number of carbonyl (C=O) groups is 1. The van der Waals surface area contributed by atoms with E-state index in [1.165, 1.54) is 64.4 Å². The molecule has 0 spiro atoms. The number of nitrogens with one attached hydrogen (secondary N) is 2. The number of carbonyl (C=O) groups excluding carboxylic acids is 1. The van der Waals surface area contributed by atoms with Crippen molar-refractivity contribution in [3.8, 4) is 22.8 Å². The molecule has 0 aliphatic carbocycles. The molecule has 21 heteroatoms. The average Bonchev–Trinajstić information content (AvgIpc) is 3.91. The molecule has 57 heavy (non-hydrogen) atoms. The number of nitrogens with two attached hydrogens (primary N) is 1. The monoisotopic (exact) mass is 792 g/mol. The van der Waals surface area contributed by atoms with Gasteiger partial charge in [0.05, 0.1) is 56.2 Å². The molecule has 0 bridgehead atoms. The van der Waals surface area contributed by atoms with Gasteiger partial charge in [-0.1, -0.05) is 12.1 Å². The number of fused-ring (bicyclic) bond motifs is 1. The number of hydrogen-bond acceptors (Lipinski definition) is 9. The molecule has 0 radical (unpaired) electrons. The number of nitrogen functional groups attached to an aromatic ring is 1. The van der Waals surface area contributed by atoms with Gasteiger partial charge in [0, 0.05) is 47.0 Å². The molecular weight excluding hydrogens is 766 g/mol. The largest absolute Gasteiger partial charge is 0.416 e. The van der Waals surface area contributed by atoms with Gasteiger partial charge >= 0.3 is 12.4 Å². The minimum absolute atomic E-state index is 0.0811. The highest BCUT2D eigenvalue weighted by molar-refractivity contribution is 6.06. The second-order valence-electron chi connectivity index (χ2n) is 12.3. The Labute approximate surface area is 315 Å². The molecule has 3 aromatic heterocycles. The molecule has 7 rings (SSSR count). The zero-order valence-electron chi connectivity index (χ0n) is 29.3. The number of aromatic amines is 1. The summed E-state index contributed by atoms with van der Waals surface area (Å²) in [5, 5.41) is 24.5. The highest BCUT2D eigenvalue weighted by Crippen LogP contribution is 2.36. The molecule has 292 valence electrons. The van der Waals surface area contributed by atoms with Crippen LogP contribution in [0.2, 0.25) is 0 Å². The molecular formula is C36H26F6N10O5. The number of aryl methyl sites for hydroxylation is 2. The van der Waals surface area contributed by atoms with Crippen molar-refractivity contribution >= 4 is 39.7 Å². The molecule has 0 aliphatic heterocycles. The summed E-state index contributed by atoms with van der Waals surface area (Å²) in [6.45, 7) is 3.40. The molecule has 7 aromatic rings. The molecule has 0 atom stereocenters. The van der Waals surface area contributed by atoms with Crippen molar-refractivity contribution in [2.24, 2.45) is 0 Å². The number of alkyl halides is 6. The van der Waals surface area contributed by atoms with E-state index in [-0.39, 0.29) is 50.9 Å². The summed E-state index contributed by atoms with van der Waals surface area (Å²) in [7, 11) is 0. The van der Waals surface area contributed by atoms with Gasteiger partial charge in [0.25, 0.3) is 17.3 Å². The van der Waals surface area contributed by atoms with Gasteiger partial charge in [-0.15, -0.1) is 0 Å². The Balaban J connectivity index is 0.000000193. The number of nitro benzene ring substituents is 2. The number of non-ortho nitro benzene ring substituents is 1. The number of rotatable bonds is 7. The summed E-state index contributed by atoms with van der Waals surface area (Å²) in [6, 6.07) is 14.4. The van der Waals surface area contributed by atoms with Crippen LogP contribution >= 0.6 is 0 Å². The number of nitrogens with zero attached hydrogens (tertiary/aromatic N) is 7. The first kappa shape index (κ1) is 39.1. The number of para-hydroxylation sites is 2. The second-order valence-corrected chi connectivity index (χ2v) is 12.3. The zero-order valence-corrected chi connectivity index (χ0v) is 29.3. The van der Waals surface area contributed by atoms with Gasteiger partial charge in [-0.25, -0.2) is 15.0 Å². The average molecular weight is 793 g/mol. The smallest absolute Gasteiger partial charge is 0.391 e. The van der Waals surface area contributed by atoms with Crippen molar-refractivity contribution in [2.45, 2.75) is 26.2 Å². The minimum atomic E-state index is -4.69. The van der Waals surface area contributed by atoms with Crippen molar-refractivity contribution in [3.05, 3.63) is 146 Å². The molecule has 4 aromatic carbocycles. The van der Waals surface area contributed by atoms with Gasteiger partial charge in [-0.2, -0.15) is 26.3 Å². The van der Waals surface area contributed by atoms with Crippen LogP contribution in [-0.2, 0) is 12.4 Å². The molecule has 0 unspecified atom stereocenters. The first-order chi connectivity index (χ1) is 26.8. The van der Waals surface area contributed by atoms with Gasteiger partial charge in [-0.3, -0.25) is 25.0 Å². The third-order valence-electron chi connectivity index (χ3n) is 8.26. The van der Waals surface area contributed by atoms with E-state index in [9.17, 15) is 51.4 Å². The summed E-state index contributed by atoms with van der Waals surface area (Å²) in [5.41, 5.74) is 4.62. The zero-order chi connectivity index (χ0) is 41.4. The summed E-state index contributed by atoms with van der Waals surface area (Å²) in [4.78, 5) is 48.5. The van der Waals surface area contributed by atoms with Gasteiger partial charge < -0.3 is 25.2 Å². The van der Waals surface area contributed by atoms with E-state index in [1.54, 1.807) is 26.1 Å². The van der Waals surface area contributed by atoms with Gasteiger partial charge in [-0.05, 0) is 62.4 Å². The summed E-state index contributed by atoms with van der Waals surface area (Å²) in [6.07, 6.45) is -3.41. The topological polar surface area (TPSA) is 206 Å². The summed E-state index contributed by atoms with van der Waals surface area (Å²) < 4.78 is 83.0. The summed E-state index contributed by atoms with van der Waals surface area (Å²) >= 11 is 0. The maximum atomic E-state index is 13.4. The van der Waals surface area contributed by atoms with Crippen LogP contribution in [0.4, 0.5) is 49.1 Å².